The highest BCUT2D eigenvalue weighted by atomic mass is 19.2. The van der Waals surface area contributed by atoms with Crippen molar-refractivity contribution in [3.8, 4) is 0 Å². The van der Waals surface area contributed by atoms with Gasteiger partial charge in [-0.15, -0.1) is 0 Å². The topological polar surface area (TPSA) is 86.6 Å². The standard InChI is InChI=1S/C11H8F5NO4/c12-5-4(6(13)8(15)9(16)7(5)14)10(19)17-3(1-2-18)11(20)21/h3,18H,1-2H2,(H,17,19)(H,20,21)/t3-/m0/s1. The zero-order valence-corrected chi connectivity index (χ0v) is 10.1. The molecule has 0 aliphatic carbocycles. The Labute approximate surface area is 114 Å². The van der Waals surface area contributed by atoms with Gasteiger partial charge < -0.3 is 15.5 Å². The van der Waals surface area contributed by atoms with E-state index in [-0.39, 0.29) is 0 Å². The lowest BCUT2D eigenvalue weighted by molar-refractivity contribution is -0.139. The normalized spacial score (nSPS) is 12.1. The number of aliphatic hydroxyl groups excluding tert-OH is 1. The Kier molecular flexibility index (Phi) is 5.19. The van der Waals surface area contributed by atoms with E-state index in [0.717, 1.165) is 0 Å². The van der Waals surface area contributed by atoms with Crippen molar-refractivity contribution in [3.63, 3.8) is 0 Å². The van der Waals surface area contributed by atoms with E-state index in [9.17, 15) is 31.5 Å². The fourth-order valence-electron chi connectivity index (χ4n) is 1.42. The summed E-state index contributed by atoms with van der Waals surface area (Å²) in [6.45, 7) is -0.686. The number of carbonyl (C=O) groups excluding carboxylic acids is 1. The number of nitrogens with one attached hydrogen (secondary N) is 1. The quantitative estimate of drug-likeness (QED) is 0.429. The second-order valence-corrected chi connectivity index (χ2v) is 3.82. The van der Waals surface area contributed by atoms with Gasteiger partial charge in [-0.1, -0.05) is 0 Å². The number of rotatable bonds is 5. The molecular formula is C11H8F5NO4. The minimum atomic E-state index is -2.44. The first-order valence-corrected chi connectivity index (χ1v) is 5.38. The Balaban J connectivity index is 3.22. The molecule has 21 heavy (non-hydrogen) atoms. The maximum Gasteiger partial charge on any atom is 0.326 e. The van der Waals surface area contributed by atoms with Crippen molar-refractivity contribution in [1.29, 1.82) is 0 Å². The van der Waals surface area contributed by atoms with Crippen LogP contribution in [-0.2, 0) is 4.79 Å². The van der Waals surface area contributed by atoms with Crippen molar-refractivity contribution in [2.24, 2.45) is 0 Å². The Hall–Kier alpha value is -2.23. The highest BCUT2D eigenvalue weighted by Gasteiger charge is 2.31. The predicted octanol–water partition coefficient (Wildman–Crippen LogP) is 0.948. The summed E-state index contributed by atoms with van der Waals surface area (Å²) >= 11 is 0. The number of carboxylic acid groups (broad SMARTS) is 1. The van der Waals surface area contributed by atoms with Crippen LogP contribution < -0.4 is 5.32 Å². The molecule has 0 fully saturated rings. The second kappa shape index (κ2) is 6.48. The van der Waals surface area contributed by atoms with Crippen LogP contribution in [0.2, 0.25) is 0 Å². The molecule has 116 valence electrons. The molecule has 1 aromatic carbocycles. The smallest absolute Gasteiger partial charge is 0.326 e. The van der Waals surface area contributed by atoms with Crippen LogP contribution in [0.5, 0.6) is 0 Å². The number of hydrogen-bond acceptors (Lipinski definition) is 3. The number of aliphatic carboxylic acids is 1. The Bertz CT molecular complexity index is 563. The van der Waals surface area contributed by atoms with Gasteiger partial charge in [0.1, 0.15) is 11.6 Å². The largest absolute Gasteiger partial charge is 0.480 e. The van der Waals surface area contributed by atoms with Crippen LogP contribution in [0, 0.1) is 29.1 Å². The van der Waals surface area contributed by atoms with Gasteiger partial charge in [0, 0.05) is 13.0 Å². The fourth-order valence-corrected chi connectivity index (χ4v) is 1.42. The molecule has 1 atom stereocenters. The van der Waals surface area contributed by atoms with Crippen LogP contribution >= 0.6 is 0 Å². The summed E-state index contributed by atoms with van der Waals surface area (Å²) in [5.41, 5.74) is -1.80. The number of benzene rings is 1. The zero-order chi connectivity index (χ0) is 16.3. The van der Waals surface area contributed by atoms with Gasteiger partial charge in [-0.2, -0.15) is 0 Å². The molecule has 0 aliphatic heterocycles. The summed E-state index contributed by atoms with van der Waals surface area (Å²) in [5, 5.41) is 18.8. The van der Waals surface area contributed by atoms with E-state index in [0.29, 0.717) is 0 Å². The molecule has 1 rings (SSSR count). The summed E-state index contributed by atoms with van der Waals surface area (Å²) in [6, 6.07) is -1.75. The SMILES string of the molecule is O=C(N[C@@H](CCO)C(=O)O)c1c(F)c(F)c(F)c(F)c1F. The molecule has 1 amide bonds. The van der Waals surface area contributed by atoms with Crippen LogP contribution in [0.1, 0.15) is 16.8 Å². The first-order chi connectivity index (χ1) is 9.72. The Morgan fingerprint density at radius 2 is 1.38 bits per heavy atom. The van der Waals surface area contributed by atoms with Crippen LogP contribution in [0.25, 0.3) is 0 Å². The van der Waals surface area contributed by atoms with E-state index in [4.69, 9.17) is 10.2 Å². The molecule has 3 N–H and O–H groups in total. The predicted molar refractivity (Wildman–Crippen MR) is 56.8 cm³/mol. The van der Waals surface area contributed by atoms with E-state index in [1.165, 1.54) is 0 Å². The number of carbonyl (C=O) groups is 2. The molecule has 0 radical (unpaired) electrons. The van der Waals surface area contributed by atoms with Crippen molar-refractivity contribution in [3.05, 3.63) is 34.6 Å². The maximum atomic E-state index is 13.3. The lowest BCUT2D eigenvalue weighted by atomic mass is 10.1. The van der Waals surface area contributed by atoms with Gasteiger partial charge in [0.25, 0.3) is 5.91 Å². The van der Waals surface area contributed by atoms with E-state index in [1.54, 1.807) is 5.32 Å². The Morgan fingerprint density at radius 3 is 1.76 bits per heavy atom. The van der Waals surface area contributed by atoms with Gasteiger partial charge in [0.15, 0.2) is 23.3 Å². The first kappa shape index (κ1) is 16.8. The first-order valence-electron chi connectivity index (χ1n) is 5.38. The fraction of sp³-hybridized carbons (Fsp3) is 0.273. The molecule has 0 heterocycles. The summed E-state index contributed by atoms with van der Waals surface area (Å²) in [4.78, 5) is 22.2. The van der Waals surface area contributed by atoms with Crippen LogP contribution in [0.3, 0.4) is 0 Å². The number of aliphatic hydroxyl groups is 1. The zero-order valence-electron chi connectivity index (χ0n) is 10.1. The number of halogens is 5. The third kappa shape index (κ3) is 3.27. The molecule has 0 aromatic heterocycles. The molecule has 0 unspecified atom stereocenters. The lowest BCUT2D eigenvalue weighted by Gasteiger charge is -2.14. The number of amides is 1. The molecule has 0 aliphatic rings. The average Bonchev–Trinajstić information content (AvgIpc) is 2.42. The third-order valence-electron chi connectivity index (χ3n) is 2.46. The van der Waals surface area contributed by atoms with Crippen LogP contribution in [0.15, 0.2) is 0 Å². The van der Waals surface area contributed by atoms with E-state index in [2.05, 4.69) is 0 Å². The highest BCUT2D eigenvalue weighted by Crippen LogP contribution is 2.23. The van der Waals surface area contributed by atoms with Gasteiger partial charge in [0.05, 0.1) is 0 Å². The lowest BCUT2D eigenvalue weighted by Crippen LogP contribution is -2.42. The molecule has 0 saturated heterocycles. The molecule has 1 aromatic rings. The van der Waals surface area contributed by atoms with Crippen molar-refractivity contribution in [1.82, 2.24) is 5.32 Å². The average molecular weight is 313 g/mol. The highest BCUT2D eigenvalue weighted by molar-refractivity contribution is 5.97. The molecule has 10 heteroatoms. The minimum Gasteiger partial charge on any atom is -0.480 e. The summed E-state index contributed by atoms with van der Waals surface area (Å²) < 4.78 is 65.2. The minimum absolute atomic E-state index is 0.517. The monoisotopic (exact) mass is 313 g/mol. The van der Waals surface area contributed by atoms with Gasteiger partial charge >= 0.3 is 5.97 Å². The van der Waals surface area contributed by atoms with Crippen LogP contribution in [-0.4, -0.2) is 34.7 Å². The van der Waals surface area contributed by atoms with Crippen LogP contribution in [0.4, 0.5) is 22.0 Å². The molecule has 0 saturated carbocycles. The third-order valence-corrected chi connectivity index (χ3v) is 2.46. The number of carboxylic acids is 1. The summed E-state index contributed by atoms with van der Waals surface area (Å²) in [6.07, 6.45) is -0.517. The number of hydrogen-bond donors (Lipinski definition) is 3. The Morgan fingerprint density at radius 1 is 0.952 bits per heavy atom. The van der Waals surface area contributed by atoms with E-state index < -0.39 is 65.6 Å². The van der Waals surface area contributed by atoms with Gasteiger partial charge in [-0.25, -0.2) is 26.7 Å². The van der Waals surface area contributed by atoms with Crippen molar-refractivity contribution >= 4 is 11.9 Å². The van der Waals surface area contributed by atoms with E-state index in [1.807, 2.05) is 0 Å². The maximum absolute atomic E-state index is 13.3. The van der Waals surface area contributed by atoms with Gasteiger partial charge in [0.2, 0.25) is 5.82 Å². The van der Waals surface area contributed by atoms with Crippen molar-refractivity contribution < 1.29 is 41.8 Å². The molecule has 0 bridgehead atoms. The molecular weight excluding hydrogens is 305 g/mol. The summed E-state index contributed by atoms with van der Waals surface area (Å²) in [5.74, 6) is -15.3. The summed E-state index contributed by atoms with van der Waals surface area (Å²) in [7, 11) is 0. The molecule has 5 nitrogen and oxygen atoms in total. The van der Waals surface area contributed by atoms with E-state index >= 15 is 0 Å². The van der Waals surface area contributed by atoms with Gasteiger partial charge in [-0.05, 0) is 0 Å². The second-order valence-electron chi connectivity index (χ2n) is 3.82. The van der Waals surface area contributed by atoms with Crippen molar-refractivity contribution in [2.45, 2.75) is 12.5 Å². The van der Waals surface area contributed by atoms with Crippen molar-refractivity contribution in [2.75, 3.05) is 6.61 Å². The van der Waals surface area contributed by atoms with Gasteiger partial charge in [-0.3, -0.25) is 4.79 Å². The molecule has 0 spiro atoms.